The number of anilines is 2. The molecule has 37 heavy (non-hydrogen) atoms. The Morgan fingerprint density at radius 3 is 2.51 bits per heavy atom. The van der Waals surface area contributed by atoms with Crippen molar-refractivity contribution in [2.45, 2.75) is 25.9 Å². The summed E-state index contributed by atoms with van der Waals surface area (Å²) in [6.45, 7) is 3.99. The first-order chi connectivity index (χ1) is 17.8. The molecule has 2 atom stereocenters. The second-order valence-corrected chi connectivity index (χ2v) is 10.7. The summed E-state index contributed by atoms with van der Waals surface area (Å²) in [6, 6.07) is 19.0. The Balaban J connectivity index is 1.45. The van der Waals surface area contributed by atoms with E-state index in [2.05, 4.69) is 27.5 Å². The zero-order valence-electron chi connectivity index (χ0n) is 20.7. The van der Waals surface area contributed by atoms with Crippen LogP contribution in [0.2, 0.25) is 0 Å². The van der Waals surface area contributed by atoms with Gasteiger partial charge in [-0.25, -0.2) is 9.67 Å². The van der Waals surface area contributed by atoms with Crippen LogP contribution in [0.1, 0.15) is 25.5 Å². The lowest BCUT2D eigenvalue weighted by atomic mass is 9.82. The summed E-state index contributed by atoms with van der Waals surface area (Å²) < 4.78 is 3.33. The molecule has 1 N–H and O–H groups in total. The molecule has 186 valence electrons. The van der Waals surface area contributed by atoms with Crippen LogP contribution in [0.3, 0.4) is 0 Å². The van der Waals surface area contributed by atoms with E-state index in [0.717, 1.165) is 33.0 Å². The third-order valence-corrected chi connectivity index (χ3v) is 7.84. The van der Waals surface area contributed by atoms with Crippen LogP contribution in [0.4, 0.5) is 10.8 Å². The molecule has 0 unspecified atom stereocenters. The number of aryl methyl sites for hydroxylation is 1. The molecule has 5 aromatic rings. The number of carbonyl (C=O) groups excluding carboxylic acids is 1. The molecule has 6 rings (SSSR count). The maximum Gasteiger partial charge on any atom is 0.250 e. The van der Waals surface area contributed by atoms with Crippen molar-refractivity contribution < 1.29 is 4.79 Å². The minimum atomic E-state index is -0.680. The van der Waals surface area contributed by atoms with Gasteiger partial charge in [0.2, 0.25) is 11.5 Å². The van der Waals surface area contributed by atoms with Crippen LogP contribution in [0.5, 0.6) is 0 Å². The minimum Gasteiger partial charge on any atom is -0.355 e. The molecule has 2 aromatic carbocycles. The topological polar surface area (TPSA) is 85.1 Å². The summed E-state index contributed by atoms with van der Waals surface area (Å²) >= 11 is 1.53. The minimum absolute atomic E-state index is 0.0419. The fraction of sp³-hybridized carbons (Fsp3) is 0.214. The van der Waals surface area contributed by atoms with Gasteiger partial charge >= 0.3 is 0 Å². The number of thiazole rings is 1. The highest BCUT2D eigenvalue weighted by atomic mass is 32.1. The van der Waals surface area contributed by atoms with Crippen molar-refractivity contribution in [2.24, 2.45) is 12.5 Å². The molecule has 1 fully saturated rings. The van der Waals surface area contributed by atoms with E-state index in [1.54, 1.807) is 36.4 Å². The molecule has 1 amide bonds. The first kappa shape index (κ1) is 23.2. The van der Waals surface area contributed by atoms with Crippen molar-refractivity contribution in [1.29, 1.82) is 0 Å². The average molecular weight is 511 g/mol. The summed E-state index contributed by atoms with van der Waals surface area (Å²) in [4.78, 5) is 32.2. The Morgan fingerprint density at radius 2 is 1.78 bits per heavy atom. The number of fused-ring (bicyclic) bond motifs is 1. The lowest BCUT2D eigenvalue weighted by Gasteiger charge is -2.30. The second-order valence-electron chi connectivity index (χ2n) is 9.85. The normalized spacial score (nSPS) is 19.0. The molecule has 3 aromatic heterocycles. The van der Waals surface area contributed by atoms with Gasteiger partial charge in [0.05, 0.1) is 34.9 Å². The molecular formula is C28H26N6O2S. The smallest absolute Gasteiger partial charge is 0.250 e. The summed E-state index contributed by atoms with van der Waals surface area (Å²) in [7, 11) is 1.72. The van der Waals surface area contributed by atoms with Gasteiger partial charge in [0.1, 0.15) is 0 Å². The lowest BCUT2D eigenvalue weighted by molar-refractivity contribution is -0.124. The number of nitrogens with one attached hydrogen (secondary N) is 1. The van der Waals surface area contributed by atoms with E-state index in [9.17, 15) is 9.59 Å². The maximum atomic E-state index is 14.0. The van der Waals surface area contributed by atoms with Crippen molar-refractivity contribution in [2.75, 3.05) is 10.2 Å². The van der Waals surface area contributed by atoms with Crippen molar-refractivity contribution in [3.63, 3.8) is 0 Å². The number of hydrogen-bond acceptors (Lipinski definition) is 6. The highest BCUT2D eigenvalue weighted by Gasteiger charge is 2.55. The van der Waals surface area contributed by atoms with Crippen LogP contribution in [0.25, 0.3) is 16.6 Å². The predicted octanol–water partition coefficient (Wildman–Crippen LogP) is 4.78. The van der Waals surface area contributed by atoms with Crippen molar-refractivity contribution in [3.05, 3.63) is 101 Å². The molecule has 0 radical (unpaired) electrons. The van der Waals surface area contributed by atoms with Crippen LogP contribution < -0.4 is 15.8 Å². The third kappa shape index (κ3) is 3.82. The Morgan fingerprint density at radius 1 is 1.00 bits per heavy atom. The van der Waals surface area contributed by atoms with E-state index < -0.39 is 5.41 Å². The zero-order valence-corrected chi connectivity index (χ0v) is 21.5. The Bertz CT molecular complexity index is 1660. The van der Waals surface area contributed by atoms with Gasteiger partial charge in [0.25, 0.3) is 0 Å². The standard InChI is InChI=1S/C28H26N6O2S/c1-28(2)25(31-27-29-13-14-37-27)24(18-7-5-4-6-8-18)33(26(28)36)20-9-11-22-19(15-20)16-30-34(22)21-10-12-23(35)32(3)17-21/h4-17,24-25H,1-3H3,(H,29,31)/t24-,25-/m1/s1. The van der Waals surface area contributed by atoms with Crippen molar-refractivity contribution in [3.8, 4) is 5.69 Å². The molecule has 0 spiro atoms. The van der Waals surface area contributed by atoms with Crippen LogP contribution >= 0.6 is 11.3 Å². The summed E-state index contributed by atoms with van der Waals surface area (Å²) in [5.74, 6) is 0.0419. The number of carbonyl (C=O) groups is 1. The Kier molecular flexibility index (Phi) is 5.45. The van der Waals surface area contributed by atoms with Gasteiger partial charge in [0, 0.05) is 42.0 Å². The van der Waals surface area contributed by atoms with E-state index in [-0.39, 0.29) is 23.6 Å². The van der Waals surface area contributed by atoms with E-state index in [4.69, 9.17) is 0 Å². The molecule has 1 aliphatic heterocycles. The summed E-state index contributed by atoms with van der Waals surface area (Å²) in [6.07, 6.45) is 5.32. The van der Waals surface area contributed by atoms with Crippen molar-refractivity contribution in [1.82, 2.24) is 19.3 Å². The first-order valence-electron chi connectivity index (χ1n) is 12.0. The van der Waals surface area contributed by atoms with Crippen LogP contribution in [-0.4, -0.2) is 31.3 Å². The van der Waals surface area contributed by atoms with E-state index in [1.165, 1.54) is 22.0 Å². The van der Waals surface area contributed by atoms with Gasteiger partial charge in [-0.2, -0.15) is 5.10 Å². The molecule has 4 heterocycles. The molecule has 0 bridgehead atoms. The van der Waals surface area contributed by atoms with Crippen LogP contribution in [0, 0.1) is 5.41 Å². The van der Waals surface area contributed by atoms with E-state index in [1.807, 2.05) is 60.5 Å². The predicted molar refractivity (Wildman–Crippen MR) is 146 cm³/mol. The number of aromatic nitrogens is 4. The number of hydrogen-bond donors (Lipinski definition) is 1. The van der Waals surface area contributed by atoms with Gasteiger partial charge in [-0.05, 0) is 43.7 Å². The second kappa shape index (κ2) is 8.70. The number of pyridine rings is 1. The molecule has 1 saturated heterocycles. The van der Waals surface area contributed by atoms with E-state index >= 15 is 0 Å². The highest BCUT2D eigenvalue weighted by Crippen LogP contribution is 2.48. The number of amides is 1. The molecule has 1 aliphatic rings. The summed E-state index contributed by atoms with van der Waals surface area (Å²) in [5, 5.41) is 11.8. The summed E-state index contributed by atoms with van der Waals surface area (Å²) in [5.41, 5.74) is 2.78. The van der Waals surface area contributed by atoms with Gasteiger partial charge < -0.3 is 14.8 Å². The molecule has 8 nitrogen and oxygen atoms in total. The monoisotopic (exact) mass is 510 g/mol. The SMILES string of the molecule is Cn1cc(-n2ncc3cc(N4C(=O)C(C)(C)[C@H](Nc5nccs5)[C@H]4c4ccccc4)ccc32)ccc1=O. The lowest BCUT2D eigenvalue weighted by Crippen LogP contribution is -2.37. The molecule has 0 saturated carbocycles. The fourth-order valence-corrected chi connectivity index (χ4v) is 5.72. The largest absolute Gasteiger partial charge is 0.355 e. The Hall–Kier alpha value is -4.24. The van der Waals surface area contributed by atoms with Gasteiger partial charge in [-0.15, -0.1) is 11.3 Å². The van der Waals surface area contributed by atoms with Gasteiger partial charge in [-0.3, -0.25) is 9.59 Å². The molecule has 9 heteroatoms. The average Bonchev–Trinajstić information content (AvgIpc) is 3.61. The number of rotatable bonds is 5. The first-order valence-corrected chi connectivity index (χ1v) is 12.9. The fourth-order valence-electron chi connectivity index (χ4n) is 5.15. The zero-order chi connectivity index (χ0) is 25.7. The highest BCUT2D eigenvalue weighted by molar-refractivity contribution is 7.13. The molecule has 0 aliphatic carbocycles. The van der Waals surface area contributed by atoms with Crippen LogP contribution in [-0.2, 0) is 11.8 Å². The quantitative estimate of drug-likeness (QED) is 0.368. The van der Waals surface area contributed by atoms with Crippen molar-refractivity contribution >= 4 is 39.0 Å². The van der Waals surface area contributed by atoms with Gasteiger partial charge in [-0.1, -0.05) is 30.3 Å². The maximum absolute atomic E-state index is 14.0. The van der Waals surface area contributed by atoms with Crippen LogP contribution in [0.15, 0.2) is 89.4 Å². The number of benzene rings is 2. The Labute approximate surface area is 217 Å². The molecular weight excluding hydrogens is 484 g/mol. The third-order valence-electron chi connectivity index (χ3n) is 7.14. The van der Waals surface area contributed by atoms with Gasteiger partial charge in [0.15, 0.2) is 5.13 Å². The number of nitrogens with zero attached hydrogens (tertiary/aromatic N) is 5. The van der Waals surface area contributed by atoms with E-state index in [0.29, 0.717) is 0 Å².